The predicted octanol–water partition coefficient (Wildman–Crippen LogP) is 3.59. The van der Waals surface area contributed by atoms with E-state index >= 15 is 0 Å². The van der Waals surface area contributed by atoms with Gasteiger partial charge in [0, 0.05) is 29.8 Å². The van der Waals surface area contributed by atoms with Crippen molar-refractivity contribution >= 4 is 39.0 Å². The molecule has 2 aromatic rings. The number of nitro groups is 1. The fraction of sp³-hybridized carbons (Fsp3) is 0.176. The number of nitrogens with zero attached hydrogens (tertiary/aromatic N) is 2. The van der Waals surface area contributed by atoms with Gasteiger partial charge < -0.3 is 4.90 Å². The molecule has 0 fully saturated rings. The van der Waals surface area contributed by atoms with E-state index in [1.54, 1.807) is 29.2 Å². The molecule has 0 bridgehead atoms. The molecule has 2 aromatic carbocycles. The van der Waals surface area contributed by atoms with Crippen LogP contribution in [0, 0.1) is 10.1 Å². The van der Waals surface area contributed by atoms with Gasteiger partial charge in [0.05, 0.1) is 15.4 Å². The maximum absolute atomic E-state index is 12.8. The van der Waals surface area contributed by atoms with Gasteiger partial charge in [-0.1, -0.05) is 28.1 Å². The summed E-state index contributed by atoms with van der Waals surface area (Å²) in [5, 5.41) is 10.7. The fourth-order valence-electron chi connectivity index (χ4n) is 2.67. The molecular formula is C17H13BrN2O4. The molecule has 1 amide bonds. The molecule has 0 unspecified atom stereocenters. The van der Waals surface area contributed by atoms with Gasteiger partial charge in [0.25, 0.3) is 11.6 Å². The van der Waals surface area contributed by atoms with Crippen LogP contribution in [0.3, 0.4) is 0 Å². The van der Waals surface area contributed by atoms with Crippen LogP contribution in [-0.2, 0) is 0 Å². The number of hydrogen-bond acceptors (Lipinski definition) is 4. The van der Waals surface area contributed by atoms with E-state index in [1.165, 1.54) is 24.3 Å². The lowest BCUT2D eigenvalue weighted by Gasteiger charge is -2.22. The summed E-state index contributed by atoms with van der Waals surface area (Å²) in [6.45, 7) is 0.383. The van der Waals surface area contributed by atoms with Gasteiger partial charge >= 0.3 is 0 Å². The van der Waals surface area contributed by atoms with Crippen LogP contribution in [0.15, 0.2) is 48.5 Å². The van der Waals surface area contributed by atoms with Gasteiger partial charge in [0.15, 0.2) is 5.78 Å². The minimum Gasteiger partial charge on any atom is -0.308 e. The van der Waals surface area contributed by atoms with E-state index < -0.39 is 4.92 Å². The highest BCUT2D eigenvalue weighted by molar-refractivity contribution is 9.10. The first-order valence-electron chi connectivity index (χ1n) is 7.32. The van der Waals surface area contributed by atoms with Gasteiger partial charge in [-0.2, -0.15) is 0 Å². The lowest BCUT2D eigenvalue weighted by Crippen LogP contribution is -2.32. The molecule has 6 nitrogen and oxygen atoms in total. The van der Waals surface area contributed by atoms with Crippen LogP contribution < -0.4 is 4.90 Å². The highest BCUT2D eigenvalue weighted by Gasteiger charge is 2.30. The third kappa shape index (κ3) is 2.94. The number of amides is 1. The lowest BCUT2D eigenvalue weighted by molar-refractivity contribution is -0.384. The van der Waals surface area contributed by atoms with Gasteiger partial charge in [-0.25, -0.2) is 0 Å². The number of nitro benzene ring substituents is 1. The second-order valence-corrected chi connectivity index (χ2v) is 6.50. The minimum atomic E-state index is -0.510. The summed E-state index contributed by atoms with van der Waals surface area (Å²) >= 11 is 3.37. The standard InChI is InChI=1S/C17H13BrN2O4/c18-14-9-10-19(15-4-2-1-3-13(15)16(14)21)17(22)11-5-7-12(8-6-11)20(23)24/h1-8,14H,9-10H2/t14-/m1/s1. The monoisotopic (exact) mass is 388 g/mol. The summed E-state index contributed by atoms with van der Waals surface area (Å²) < 4.78 is 0. The van der Waals surface area contributed by atoms with Gasteiger partial charge in [-0.15, -0.1) is 0 Å². The first-order chi connectivity index (χ1) is 11.5. The van der Waals surface area contributed by atoms with Crippen molar-refractivity contribution in [1.29, 1.82) is 0 Å². The Bertz CT molecular complexity index is 820. The van der Waals surface area contributed by atoms with Gasteiger partial charge in [0.1, 0.15) is 0 Å². The van der Waals surface area contributed by atoms with E-state index in [9.17, 15) is 19.7 Å². The summed E-state index contributed by atoms with van der Waals surface area (Å²) in [6.07, 6.45) is 0.492. The molecule has 1 heterocycles. The van der Waals surface area contributed by atoms with Crippen LogP contribution in [0.1, 0.15) is 27.1 Å². The summed E-state index contributed by atoms with van der Waals surface area (Å²) in [5.74, 6) is -0.337. The van der Waals surface area contributed by atoms with E-state index in [0.717, 1.165) is 0 Å². The first kappa shape index (κ1) is 16.3. The summed E-state index contributed by atoms with van der Waals surface area (Å²) in [6, 6.07) is 12.4. The van der Waals surface area contributed by atoms with E-state index in [1.807, 2.05) is 0 Å². The van der Waals surface area contributed by atoms with E-state index in [0.29, 0.717) is 29.8 Å². The third-order valence-electron chi connectivity index (χ3n) is 3.92. The number of carbonyl (C=O) groups excluding carboxylic acids is 2. The van der Waals surface area contributed by atoms with Crippen LogP contribution in [-0.4, -0.2) is 28.0 Å². The predicted molar refractivity (Wildman–Crippen MR) is 92.9 cm³/mol. The largest absolute Gasteiger partial charge is 0.308 e. The highest BCUT2D eigenvalue weighted by Crippen LogP contribution is 2.30. The molecule has 0 saturated heterocycles. The zero-order valence-corrected chi connectivity index (χ0v) is 14.1. The number of rotatable bonds is 2. The molecule has 0 radical (unpaired) electrons. The van der Waals surface area contributed by atoms with Crippen molar-refractivity contribution in [2.45, 2.75) is 11.2 Å². The fourth-order valence-corrected chi connectivity index (χ4v) is 3.12. The van der Waals surface area contributed by atoms with Crippen LogP contribution in [0.2, 0.25) is 0 Å². The number of para-hydroxylation sites is 1. The van der Waals surface area contributed by atoms with Crippen molar-refractivity contribution in [2.24, 2.45) is 0 Å². The maximum Gasteiger partial charge on any atom is 0.269 e. The first-order valence-corrected chi connectivity index (χ1v) is 8.24. The van der Waals surface area contributed by atoms with Crippen molar-refractivity contribution in [3.63, 3.8) is 0 Å². The number of halogens is 1. The molecule has 1 aliphatic heterocycles. The Kier molecular flexibility index (Phi) is 4.44. The van der Waals surface area contributed by atoms with Crippen LogP contribution in [0.5, 0.6) is 0 Å². The second-order valence-electron chi connectivity index (χ2n) is 5.40. The molecule has 0 N–H and O–H groups in total. The highest BCUT2D eigenvalue weighted by atomic mass is 79.9. The second kappa shape index (κ2) is 6.52. The summed E-state index contributed by atoms with van der Waals surface area (Å²) in [4.78, 5) is 36.7. The Morgan fingerprint density at radius 3 is 2.50 bits per heavy atom. The van der Waals surface area contributed by atoms with Crippen molar-refractivity contribution in [3.8, 4) is 0 Å². The Morgan fingerprint density at radius 2 is 1.83 bits per heavy atom. The molecule has 3 rings (SSSR count). The number of anilines is 1. The van der Waals surface area contributed by atoms with E-state index in [2.05, 4.69) is 15.9 Å². The number of carbonyl (C=O) groups is 2. The quantitative estimate of drug-likeness (QED) is 0.447. The molecule has 24 heavy (non-hydrogen) atoms. The van der Waals surface area contributed by atoms with Crippen molar-refractivity contribution in [2.75, 3.05) is 11.4 Å². The Morgan fingerprint density at radius 1 is 1.17 bits per heavy atom. The van der Waals surface area contributed by atoms with Crippen LogP contribution in [0.25, 0.3) is 0 Å². The average molecular weight is 389 g/mol. The topological polar surface area (TPSA) is 80.5 Å². The normalized spacial score (nSPS) is 17.1. The zero-order valence-electron chi connectivity index (χ0n) is 12.5. The Hall–Kier alpha value is -2.54. The molecule has 0 saturated carbocycles. The number of non-ortho nitro benzene ring substituents is 1. The molecule has 0 aromatic heterocycles. The smallest absolute Gasteiger partial charge is 0.269 e. The summed E-state index contributed by atoms with van der Waals surface area (Å²) in [7, 11) is 0. The maximum atomic E-state index is 12.8. The molecule has 7 heteroatoms. The average Bonchev–Trinajstić information content (AvgIpc) is 2.72. The lowest BCUT2D eigenvalue weighted by atomic mass is 10.1. The van der Waals surface area contributed by atoms with Crippen LogP contribution in [0.4, 0.5) is 11.4 Å². The van der Waals surface area contributed by atoms with E-state index in [-0.39, 0.29) is 22.2 Å². The molecule has 1 aliphatic rings. The number of hydrogen-bond donors (Lipinski definition) is 0. The SMILES string of the molecule is O=C1c2ccccc2N(C(=O)c2ccc([N+](=O)[O-])cc2)CC[C@H]1Br. The van der Waals surface area contributed by atoms with Crippen molar-refractivity contribution < 1.29 is 14.5 Å². The molecule has 122 valence electrons. The van der Waals surface area contributed by atoms with Gasteiger partial charge in [0.2, 0.25) is 0 Å². The third-order valence-corrected chi connectivity index (χ3v) is 4.79. The molecule has 0 spiro atoms. The Balaban J connectivity index is 1.99. The number of ketones is 1. The van der Waals surface area contributed by atoms with Crippen molar-refractivity contribution in [1.82, 2.24) is 0 Å². The minimum absolute atomic E-state index is 0.0513. The molecular weight excluding hydrogens is 376 g/mol. The van der Waals surface area contributed by atoms with Crippen molar-refractivity contribution in [3.05, 3.63) is 69.8 Å². The Labute approximate surface area is 146 Å². The molecule has 0 aliphatic carbocycles. The number of fused-ring (bicyclic) bond motifs is 1. The number of benzene rings is 2. The summed E-state index contributed by atoms with van der Waals surface area (Å²) in [5.41, 5.74) is 1.33. The number of Topliss-reactive ketones (excluding diaryl/α,β-unsaturated/α-hetero) is 1. The van der Waals surface area contributed by atoms with E-state index in [4.69, 9.17) is 0 Å². The zero-order chi connectivity index (χ0) is 17.3. The van der Waals surface area contributed by atoms with Gasteiger partial charge in [-0.05, 0) is 30.7 Å². The molecule has 1 atom stereocenters. The van der Waals surface area contributed by atoms with Crippen LogP contribution >= 0.6 is 15.9 Å². The van der Waals surface area contributed by atoms with Gasteiger partial charge in [-0.3, -0.25) is 19.7 Å². The number of alkyl halides is 1.